The van der Waals surface area contributed by atoms with E-state index in [9.17, 15) is 15.0 Å². The number of carbonyl (C=O) groups is 1. The molecule has 0 saturated carbocycles. The van der Waals surface area contributed by atoms with E-state index in [0.29, 0.717) is 40.0 Å². The summed E-state index contributed by atoms with van der Waals surface area (Å²) < 4.78 is 0. The number of amidine groups is 1. The van der Waals surface area contributed by atoms with Gasteiger partial charge in [0.2, 0.25) is 5.78 Å². The topological polar surface area (TPSA) is 86.0 Å². The zero-order valence-electron chi connectivity index (χ0n) is 14.5. The molecular formula is C19H18ClN3O3. The lowest BCUT2D eigenvalue weighted by molar-refractivity contribution is 0.0602. The Morgan fingerprint density at radius 1 is 1.27 bits per heavy atom. The first-order valence-corrected chi connectivity index (χ1v) is 8.73. The Kier molecular flexibility index (Phi) is 3.87. The molecule has 0 amide bonds. The third kappa shape index (κ3) is 2.37. The van der Waals surface area contributed by atoms with Crippen molar-refractivity contribution in [3.63, 3.8) is 0 Å². The van der Waals surface area contributed by atoms with E-state index in [0.717, 1.165) is 11.1 Å². The van der Waals surface area contributed by atoms with Gasteiger partial charge < -0.3 is 15.1 Å². The van der Waals surface area contributed by atoms with Crippen LogP contribution in [-0.4, -0.2) is 39.0 Å². The van der Waals surface area contributed by atoms with Crippen LogP contribution in [-0.2, 0) is 6.61 Å². The number of nitrogens with zero attached hydrogens (tertiary/aromatic N) is 3. The summed E-state index contributed by atoms with van der Waals surface area (Å²) in [6.07, 6.45) is 1.81. The van der Waals surface area contributed by atoms with Gasteiger partial charge in [0, 0.05) is 18.5 Å². The van der Waals surface area contributed by atoms with E-state index in [1.165, 1.54) is 0 Å². The fourth-order valence-electron chi connectivity index (χ4n) is 3.47. The van der Waals surface area contributed by atoms with Crippen molar-refractivity contribution in [2.75, 3.05) is 11.4 Å². The average molecular weight is 372 g/mol. The molecule has 2 aromatic rings. The number of aromatic nitrogens is 1. The predicted octanol–water partition coefficient (Wildman–Crippen LogP) is 2.71. The number of halogens is 1. The molecule has 1 aromatic heterocycles. The van der Waals surface area contributed by atoms with Gasteiger partial charge >= 0.3 is 0 Å². The summed E-state index contributed by atoms with van der Waals surface area (Å²) in [5.74, 6) is -0.0259. The van der Waals surface area contributed by atoms with Crippen LogP contribution in [0.2, 0.25) is 5.02 Å². The van der Waals surface area contributed by atoms with Crippen molar-refractivity contribution in [2.24, 2.45) is 4.99 Å². The number of aliphatic hydroxyl groups excluding tert-OH is 1. The van der Waals surface area contributed by atoms with Crippen molar-refractivity contribution in [1.82, 2.24) is 4.98 Å². The normalized spacial score (nSPS) is 21.5. The maximum atomic E-state index is 13.0. The highest BCUT2D eigenvalue weighted by molar-refractivity contribution is 6.32. The highest BCUT2D eigenvalue weighted by atomic mass is 35.5. The van der Waals surface area contributed by atoms with Crippen LogP contribution >= 0.6 is 11.6 Å². The second-order valence-corrected chi connectivity index (χ2v) is 7.17. The molecule has 26 heavy (non-hydrogen) atoms. The summed E-state index contributed by atoms with van der Waals surface area (Å²) in [4.78, 5) is 23.5. The monoisotopic (exact) mass is 371 g/mol. The van der Waals surface area contributed by atoms with Gasteiger partial charge in [-0.25, -0.2) is 4.99 Å². The molecule has 2 aliphatic rings. The molecule has 2 N–H and O–H groups in total. The van der Waals surface area contributed by atoms with E-state index < -0.39 is 5.60 Å². The number of ketones is 1. The summed E-state index contributed by atoms with van der Waals surface area (Å²) in [6, 6.07) is 5.32. The Labute approximate surface area is 155 Å². The number of anilines is 1. The molecule has 1 atom stereocenters. The number of benzene rings is 1. The first kappa shape index (κ1) is 17.1. The Morgan fingerprint density at radius 2 is 2.00 bits per heavy atom. The third-order valence-corrected chi connectivity index (χ3v) is 5.47. The highest BCUT2D eigenvalue weighted by Crippen LogP contribution is 2.40. The largest absolute Gasteiger partial charge is 0.390 e. The number of Topliss-reactive ketones (excluding diaryl/α,β-unsaturated/α-hetero) is 1. The van der Waals surface area contributed by atoms with Gasteiger partial charge in [0.15, 0.2) is 5.60 Å². The first-order valence-electron chi connectivity index (χ1n) is 8.35. The minimum Gasteiger partial charge on any atom is -0.390 e. The van der Waals surface area contributed by atoms with Gasteiger partial charge in [0.1, 0.15) is 5.84 Å². The zero-order valence-corrected chi connectivity index (χ0v) is 15.2. The third-order valence-electron chi connectivity index (χ3n) is 5.15. The quantitative estimate of drug-likeness (QED) is 0.847. The molecule has 0 radical (unpaired) electrons. The van der Waals surface area contributed by atoms with Crippen LogP contribution in [0.4, 0.5) is 11.4 Å². The number of fused-ring (bicyclic) bond motifs is 2. The summed E-state index contributed by atoms with van der Waals surface area (Å²) in [7, 11) is 0. The Hall–Kier alpha value is -2.28. The lowest BCUT2D eigenvalue weighted by Crippen LogP contribution is -2.48. The zero-order chi connectivity index (χ0) is 18.6. The molecule has 4 rings (SSSR count). The smallest absolute Gasteiger partial charge is 0.204 e. The van der Waals surface area contributed by atoms with Crippen LogP contribution in [0.3, 0.4) is 0 Å². The van der Waals surface area contributed by atoms with Gasteiger partial charge in [-0.2, -0.15) is 0 Å². The Morgan fingerprint density at radius 3 is 2.69 bits per heavy atom. The first-order chi connectivity index (χ1) is 12.3. The molecule has 7 heteroatoms. The van der Waals surface area contributed by atoms with Crippen LogP contribution in [0.5, 0.6) is 0 Å². The highest BCUT2D eigenvalue weighted by Gasteiger charge is 2.52. The predicted molar refractivity (Wildman–Crippen MR) is 99.4 cm³/mol. The Balaban J connectivity index is 1.84. The maximum Gasteiger partial charge on any atom is 0.204 e. The molecule has 1 fully saturated rings. The molecule has 0 spiro atoms. The van der Waals surface area contributed by atoms with Crippen molar-refractivity contribution in [2.45, 2.75) is 32.5 Å². The van der Waals surface area contributed by atoms with E-state index in [4.69, 9.17) is 11.6 Å². The van der Waals surface area contributed by atoms with E-state index >= 15 is 0 Å². The number of rotatable bonds is 2. The molecule has 1 unspecified atom stereocenters. The average Bonchev–Trinajstić information content (AvgIpc) is 2.95. The van der Waals surface area contributed by atoms with Crippen LogP contribution < -0.4 is 4.90 Å². The van der Waals surface area contributed by atoms with Gasteiger partial charge in [-0.1, -0.05) is 11.6 Å². The van der Waals surface area contributed by atoms with Crippen molar-refractivity contribution >= 4 is 34.6 Å². The standard InChI is InChI=1S/C19H18ClN3O3/c1-10-5-13-15(6-11(10)2)22-18-19(26,17(13)25)3-4-23(18)12-7-14(20)16(9-24)21-8-12/h5-8,24,26H,3-4,9H2,1-2H3. The summed E-state index contributed by atoms with van der Waals surface area (Å²) in [5.41, 5.74) is 2.41. The number of pyridine rings is 1. The van der Waals surface area contributed by atoms with Crippen LogP contribution in [0.15, 0.2) is 29.4 Å². The summed E-state index contributed by atoms with van der Waals surface area (Å²) in [6.45, 7) is 4.06. The molecule has 0 bridgehead atoms. The molecular weight excluding hydrogens is 354 g/mol. The molecule has 6 nitrogen and oxygen atoms in total. The van der Waals surface area contributed by atoms with Crippen LogP contribution in [0, 0.1) is 13.8 Å². The van der Waals surface area contributed by atoms with E-state index in [1.54, 1.807) is 23.2 Å². The lowest BCUT2D eigenvalue weighted by atomic mass is 9.86. The van der Waals surface area contributed by atoms with Crippen molar-refractivity contribution in [3.8, 4) is 0 Å². The van der Waals surface area contributed by atoms with Crippen LogP contribution in [0.1, 0.15) is 33.6 Å². The van der Waals surface area contributed by atoms with Gasteiger partial charge in [-0.3, -0.25) is 9.78 Å². The number of aliphatic hydroxyl groups is 2. The maximum absolute atomic E-state index is 13.0. The molecule has 1 aromatic carbocycles. The number of carbonyl (C=O) groups excluding carboxylic acids is 1. The molecule has 134 valence electrons. The fraction of sp³-hybridized carbons (Fsp3) is 0.316. The second-order valence-electron chi connectivity index (χ2n) is 6.76. The van der Waals surface area contributed by atoms with Gasteiger partial charge in [0.25, 0.3) is 0 Å². The fourth-order valence-corrected chi connectivity index (χ4v) is 3.69. The minimum atomic E-state index is -1.64. The minimum absolute atomic E-state index is 0.246. The molecule has 3 heterocycles. The molecule has 1 saturated heterocycles. The van der Waals surface area contributed by atoms with Crippen molar-refractivity contribution < 1.29 is 15.0 Å². The van der Waals surface area contributed by atoms with E-state index in [2.05, 4.69) is 9.98 Å². The van der Waals surface area contributed by atoms with Crippen molar-refractivity contribution in [3.05, 3.63) is 51.8 Å². The number of hydrogen-bond donors (Lipinski definition) is 2. The van der Waals surface area contributed by atoms with Gasteiger partial charge in [-0.15, -0.1) is 0 Å². The van der Waals surface area contributed by atoms with Crippen LogP contribution in [0.25, 0.3) is 0 Å². The number of hydrogen-bond acceptors (Lipinski definition) is 6. The van der Waals surface area contributed by atoms with Gasteiger partial charge in [0.05, 0.1) is 34.9 Å². The number of aryl methyl sites for hydroxylation is 2. The summed E-state index contributed by atoms with van der Waals surface area (Å²) in [5, 5.41) is 20.6. The van der Waals surface area contributed by atoms with Crippen molar-refractivity contribution in [1.29, 1.82) is 0 Å². The molecule has 2 aliphatic heterocycles. The van der Waals surface area contributed by atoms with E-state index in [1.807, 2.05) is 19.9 Å². The second kappa shape index (κ2) is 5.87. The van der Waals surface area contributed by atoms with Gasteiger partial charge in [-0.05, 0) is 43.2 Å². The SMILES string of the molecule is Cc1cc2c(cc1C)C(=O)C1(O)CCN(c3cnc(CO)c(Cl)c3)C1=N2. The van der Waals surface area contributed by atoms with E-state index in [-0.39, 0.29) is 18.8 Å². The summed E-state index contributed by atoms with van der Waals surface area (Å²) >= 11 is 6.15. The molecule has 0 aliphatic carbocycles. The number of aliphatic imine (C=N–C) groups is 1. The Bertz CT molecular complexity index is 973. The lowest BCUT2D eigenvalue weighted by Gasteiger charge is -2.30.